The van der Waals surface area contributed by atoms with Gasteiger partial charge in [0.25, 0.3) is 0 Å². The highest BCUT2D eigenvalue weighted by Gasteiger charge is 2.08. The normalized spacial score (nSPS) is 10.5. The van der Waals surface area contributed by atoms with Crippen molar-refractivity contribution in [3.8, 4) is 11.5 Å². The van der Waals surface area contributed by atoms with Gasteiger partial charge in [0.1, 0.15) is 0 Å². The highest BCUT2D eigenvalue weighted by atomic mass is 35.5. The van der Waals surface area contributed by atoms with Crippen LogP contribution in [-0.2, 0) is 6.54 Å². The van der Waals surface area contributed by atoms with Gasteiger partial charge in [-0.3, -0.25) is 0 Å². The molecule has 0 bridgehead atoms. The van der Waals surface area contributed by atoms with Crippen LogP contribution in [0.3, 0.4) is 0 Å². The molecular formula is C14H13Cl2NO2. The van der Waals surface area contributed by atoms with Crippen molar-refractivity contribution in [2.75, 3.05) is 5.32 Å². The van der Waals surface area contributed by atoms with E-state index in [1.54, 1.807) is 24.3 Å². The number of hydrogen-bond donors (Lipinski definition) is 3. The van der Waals surface area contributed by atoms with E-state index in [0.717, 1.165) is 5.56 Å². The maximum absolute atomic E-state index is 9.69. The molecule has 2 aromatic rings. The topological polar surface area (TPSA) is 52.5 Å². The van der Waals surface area contributed by atoms with Crippen molar-refractivity contribution >= 4 is 28.9 Å². The maximum atomic E-state index is 9.69. The predicted octanol–water partition coefficient (Wildman–Crippen LogP) is 4.33. The molecule has 2 rings (SSSR count). The summed E-state index contributed by atoms with van der Waals surface area (Å²) in [6.45, 7) is 2.21. The fourth-order valence-electron chi connectivity index (χ4n) is 1.69. The number of anilines is 1. The number of phenols is 2. The second-order valence-electron chi connectivity index (χ2n) is 4.22. The first-order chi connectivity index (χ1) is 8.99. The number of aryl methyl sites for hydroxylation is 1. The van der Waals surface area contributed by atoms with E-state index in [1.165, 1.54) is 6.07 Å². The Morgan fingerprint density at radius 1 is 1.11 bits per heavy atom. The van der Waals surface area contributed by atoms with Gasteiger partial charge in [0.05, 0.1) is 10.7 Å². The van der Waals surface area contributed by atoms with E-state index < -0.39 is 0 Å². The molecule has 0 fully saturated rings. The smallest absolute Gasteiger partial charge is 0.162 e. The van der Waals surface area contributed by atoms with Crippen molar-refractivity contribution in [2.45, 2.75) is 13.5 Å². The van der Waals surface area contributed by atoms with E-state index in [1.807, 2.05) is 6.92 Å². The van der Waals surface area contributed by atoms with Crippen molar-refractivity contribution in [2.24, 2.45) is 0 Å². The van der Waals surface area contributed by atoms with Crippen molar-refractivity contribution in [1.29, 1.82) is 0 Å². The fraction of sp³-hybridized carbons (Fsp3) is 0.143. The predicted molar refractivity (Wildman–Crippen MR) is 78.3 cm³/mol. The Morgan fingerprint density at radius 3 is 2.58 bits per heavy atom. The SMILES string of the molecule is Cc1cc(Cl)c(NCc2cccc(O)c2O)cc1Cl. The van der Waals surface area contributed by atoms with Gasteiger partial charge in [0.2, 0.25) is 0 Å². The standard InChI is InChI=1S/C14H13Cl2NO2/c1-8-5-11(16)12(6-10(8)15)17-7-9-3-2-4-13(18)14(9)19/h2-6,17-19H,7H2,1H3. The summed E-state index contributed by atoms with van der Waals surface area (Å²) in [6, 6.07) is 8.31. The van der Waals surface area contributed by atoms with Gasteiger partial charge in [-0.1, -0.05) is 35.3 Å². The van der Waals surface area contributed by atoms with E-state index in [9.17, 15) is 10.2 Å². The van der Waals surface area contributed by atoms with Crippen LogP contribution in [0.5, 0.6) is 11.5 Å². The molecule has 0 radical (unpaired) electrons. The molecule has 19 heavy (non-hydrogen) atoms. The van der Waals surface area contributed by atoms with Gasteiger partial charge in [-0.15, -0.1) is 0 Å². The fourth-order valence-corrected chi connectivity index (χ4v) is 2.14. The van der Waals surface area contributed by atoms with Crippen molar-refractivity contribution in [3.05, 3.63) is 51.5 Å². The third kappa shape index (κ3) is 3.06. The number of nitrogens with one attached hydrogen (secondary N) is 1. The van der Waals surface area contributed by atoms with Gasteiger partial charge < -0.3 is 15.5 Å². The minimum absolute atomic E-state index is 0.135. The summed E-state index contributed by atoms with van der Waals surface area (Å²) in [4.78, 5) is 0. The van der Waals surface area contributed by atoms with Crippen LogP contribution in [0.1, 0.15) is 11.1 Å². The molecule has 0 aromatic heterocycles. The lowest BCUT2D eigenvalue weighted by Gasteiger charge is -2.11. The molecule has 0 aliphatic rings. The zero-order valence-electron chi connectivity index (χ0n) is 10.2. The molecule has 0 amide bonds. The Morgan fingerprint density at radius 2 is 1.84 bits per heavy atom. The average Bonchev–Trinajstić information content (AvgIpc) is 2.37. The summed E-state index contributed by atoms with van der Waals surface area (Å²) in [6.07, 6.45) is 0. The molecule has 0 heterocycles. The quantitative estimate of drug-likeness (QED) is 0.739. The highest BCUT2D eigenvalue weighted by Crippen LogP contribution is 2.31. The first kappa shape index (κ1) is 13.8. The van der Waals surface area contributed by atoms with Crippen LogP contribution in [0.2, 0.25) is 10.0 Å². The summed E-state index contributed by atoms with van der Waals surface area (Å²) >= 11 is 12.1. The van der Waals surface area contributed by atoms with Crippen LogP contribution in [0, 0.1) is 6.92 Å². The molecule has 0 saturated heterocycles. The monoisotopic (exact) mass is 297 g/mol. The summed E-state index contributed by atoms with van der Waals surface area (Å²) in [5.41, 5.74) is 2.16. The molecule has 0 spiro atoms. The molecule has 2 aromatic carbocycles. The molecule has 0 unspecified atom stereocenters. The highest BCUT2D eigenvalue weighted by molar-refractivity contribution is 6.35. The van der Waals surface area contributed by atoms with Gasteiger partial charge in [-0.2, -0.15) is 0 Å². The van der Waals surface area contributed by atoms with E-state index >= 15 is 0 Å². The Balaban J connectivity index is 2.19. The van der Waals surface area contributed by atoms with Gasteiger partial charge in [0.15, 0.2) is 11.5 Å². The summed E-state index contributed by atoms with van der Waals surface area (Å²) in [7, 11) is 0. The molecule has 0 aliphatic heterocycles. The van der Waals surface area contributed by atoms with Crippen molar-refractivity contribution < 1.29 is 10.2 Å². The lowest BCUT2D eigenvalue weighted by Crippen LogP contribution is -2.00. The van der Waals surface area contributed by atoms with E-state index in [-0.39, 0.29) is 11.5 Å². The summed E-state index contributed by atoms with van der Waals surface area (Å²) < 4.78 is 0. The first-order valence-electron chi connectivity index (χ1n) is 5.68. The second kappa shape index (κ2) is 5.59. The Kier molecular flexibility index (Phi) is 4.08. The van der Waals surface area contributed by atoms with Crippen LogP contribution < -0.4 is 5.32 Å². The maximum Gasteiger partial charge on any atom is 0.162 e. The molecule has 3 nitrogen and oxygen atoms in total. The summed E-state index contributed by atoms with van der Waals surface area (Å²) in [5.74, 6) is -0.281. The largest absolute Gasteiger partial charge is 0.504 e. The minimum Gasteiger partial charge on any atom is -0.504 e. The number of phenolic OH excluding ortho intramolecular Hbond substituents is 2. The van der Waals surface area contributed by atoms with E-state index in [0.29, 0.717) is 27.8 Å². The van der Waals surface area contributed by atoms with Crippen LogP contribution in [0.15, 0.2) is 30.3 Å². The molecule has 3 N–H and O–H groups in total. The Bertz CT molecular complexity index is 615. The molecular weight excluding hydrogens is 285 g/mol. The number of benzene rings is 2. The minimum atomic E-state index is -0.146. The van der Waals surface area contributed by atoms with Gasteiger partial charge in [0, 0.05) is 17.1 Å². The lowest BCUT2D eigenvalue weighted by atomic mass is 10.1. The lowest BCUT2D eigenvalue weighted by molar-refractivity contribution is 0.400. The Hall–Kier alpha value is -1.58. The van der Waals surface area contributed by atoms with Crippen molar-refractivity contribution in [1.82, 2.24) is 0 Å². The molecule has 0 atom stereocenters. The molecule has 100 valence electrons. The van der Waals surface area contributed by atoms with Crippen LogP contribution in [0.4, 0.5) is 5.69 Å². The second-order valence-corrected chi connectivity index (χ2v) is 5.03. The molecule has 0 saturated carbocycles. The first-order valence-corrected chi connectivity index (χ1v) is 6.44. The van der Waals surface area contributed by atoms with Gasteiger partial charge in [-0.05, 0) is 30.7 Å². The number of halogens is 2. The van der Waals surface area contributed by atoms with Gasteiger partial charge in [-0.25, -0.2) is 0 Å². The number of aromatic hydroxyl groups is 2. The zero-order chi connectivity index (χ0) is 14.0. The van der Waals surface area contributed by atoms with E-state index in [4.69, 9.17) is 23.2 Å². The number of para-hydroxylation sites is 1. The van der Waals surface area contributed by atoms with Crippen LogP contribution in [0.25, 0.3) is 0 Å². The third-order valence-electron chi connectivity index (χ3n) is 2.82. The zero-order valence-corrected chi connectivity index (χ0v) is 11.8. The Labute approximate surface area is 121 Å². The number of hydrogen-bond acceptors (Lipinski definition) is 3. The number of rotatable bonds is 3. The summed E-state index contributed by atoms with van der Waals surface area (Å²) in [5, 5.41) is 23.4. The molecule has 0 aliphatic carbocycles. The van der Waals surface area contributed by atoms with Crippen molar-refractivity contribution in [3.63, 3.8) is 0 Å². The molecule has 5 heteroatoms. The van der Waals surface area contributed by atoms with E-state index in [2.05, 4.69) is 5.32 Å². The van der Waals surface area contributed by atoms with Gasteiger partial charge >= 0.3 is 0 Å². The van der Waals surface area contributed by atoms with Crippen LogP contribution >= 0.6 is 23.2 Å². The average molecular weight is 298 g/mol. The van der Waals surface area contributed by atoms with Crippen LogP contribution in [-0.4, -0.2) is 10.2 Å². The third-order valence-corrected chi connectivity index (χ3v) is 3.54.